The largest absolute Gasteiger partial charge is 0.469 e. The highest BCUT2D eigenvalue weighted by Gasteiger charge is 2.40. The van der Waals surface area contributed by atoms with Crippen LogP contribution in [0.1, 0.15) is 53.0 Å². The number of benzene rings is 1. The highest BCUT2D eigenvalue weighted by molar-refractivity contribution is 9.10. The Bertz CT molecular complexity index is 1040. The average Bonchev–Trinajstić information content (AvgIpc) is 3.31. The predicted octanol–water partition coefficient (Wildman–Crippen LogP) is 4.92. The van der Waals surface area contributed by atoms with E-state index in [-0.39, 0.29) is 24.8 Å². The number of aliphatic imine (C=N–C) groups is 1. The molecule has 196 valence electrons. The van der Waals surface area contributed by atoms with Gasteiger partial charge in [-0.05, 0) is 44.4 Å². The maximum Gasteiger partial charge on any atom is 0.410 e. The average molecular weight is 563 g/mol. The zero-order chi connectivity index (χ0) is 26.6. The maximum atomic E-state index is 13.8. The van der Waals surface area contributed by atoms with Crippen molar-refractivity contribution in [1.82, 2.24) is 9.80 Å². The van der Waals surface area contributed by atoms with E-state index in [1.54, 1.807) is 9.80 Å². The topological polar surface area (TPSA) is 88.5 Å². The van der Waals surface area contributed by atoms with Gasteiger partial charge in [0.25, 0.3) is 0 Å². The minimum absolute atomic E-state index is 0.0148. The first kappa shape index (κ1) is 27.9. The lowest BCUT2D eigenvalue weighted by atomic mass is 9.89. The summed E-state index contributed by atoms with van der Waals surface area (Å²) in [5.41, 5.74) is 2.02. The van der Waals surface area contributed by atoms with Crippen molar-refractivity contribution in [2.24, 2.45) is 16.8 Å². The molecule has 2 heterocycles. The van der Waals surface area contributed by atoms with Crippen molar-refractivity contribution in [1.29, 1.82) is 0 Å². The standard InChI is InChI=1S/C27H36BrN3O5/c1-17(2)20(15-24(32)35-6)25(33)31-14-13-30(26(34)36-27(3,4)5)16-23(31)22-12-11-21(29-22)18-7-9-19(28)10-8-18/h7-11,17,20,23H,12-16H2,1-6H3/t20-,23-/m0/s1. The first-order valence-electron chi connectivity index (χ1n) is 12.3. The number of hydrogen-bond donors (Lipinski definition) is 0. The van der Waals surface area contributed by atoms with E-state index in [9.17, 15) is 14.4 Å². The van der Waals surface area contributed by atoms with Gasteiger partial charge in [0.2, 0.25) is 5.91 Å². The summed E-state index contributed by atoms with van der Waals surface area (Å²) in [6, 6.07) is 7.49. The van der Waals surface area contributed by atoms with Crippen molar-refractivity contribution in [3.8, 4) is 0 Å². The second-order valence-electron chi connectivity index (χ2n) is 10.5. The van der Waals surface area contributed by atoms with Crippen molar-refractivity contribution >= 4 is 45.3 Å². The Balaban J connectivity index is 1.89. The lowest BCUT2D eigenvalue weighted by molar-refractivity contribution is -0.149. The van der Waals surface area contributed by atoms with Crippen LogP contribution in [-0.4, -0.2) is 71.9 Å². The Morgan fingerprint density at radius 1 is 1.14 bits per heavy atom. The molecule has 0 unspecified atom stereocenters. The highest BCUT2D eigenvalue weighted by Crippen LogP contribution is 2.29. The normalized spacial score (nSPS) is 19.1. The van der Waals surface area contributed by atoms with Gasteiger partial charge >= 0.3 is 12.1 Å². The zero-order valence-corrected chi connectivity index (χ0v) is 23.5. The zero-order valence-electron chi connectivity index (χ0n) is 21.9. The van der Waals surface area contributed by atoms with E-state index in [0.717, 1.165) is 21.4 Å². The van der Waals surface area contributed by atoms with Crippen LogP contribution < -0.4 is 0 Å². The number of rotatable bonds is 6. The third-order valence-corrected chi connectivity index (χ3v) is 6.87. The Hall–Kier alpha value is -2.68. The van der Waals surface area contributed by atoms with Gasteiger partial charge in [-0.3, -0.25) is 14.6 Å². The molecule has 9 heteroatoms. The van der Waals surface area contributed by atoms with Crippen LogP contribution in [-0.2, 0) is 19.1 Å². The molecular weight excluding hydrogens is 526 g/mol. The molecule has 0 N–H and O–H groups in total. The summed E-state index contributed by atoms with van der Waals surface area (Å²) in [6.07, 6.45) is 2.23. The maximum absolute atomic E-state index is 13.8. The monoisotopic (exact) mass is 561 g/mol. The highest BCUT2D eigenvalue weighted by atomic mass is 79.9. The summed E-state index contributed by atoms with van der Waals surface area (Å²) < 4.78 is 11.4. The number of nitrogens with zero attached hydrogens (tertiary/aromatic N) is 3. The Labute approximate surface area is 221 Å². The molecule has 1 fully saturated rings. The van der Waals surface area contributed by atoms with Gasteiger partial charge in [-0.25, -0.2) is 4.79 Å². The number of amides is 2. The van der Waals surface area contributed by atoms with Crippen LogP contribution in [0, 0.1) is 11.8 Å². The fraction of sp³-hybridized carbons (Fsp3) is 0.556. The van der Waals surface area contributed by atoms with Crippen molar-refractivity contribution < 1.29 is 23.9 Å². The molecule has 0 radical (unpaired) electrons. The predicted molar refractivity (Wildman–Crippen MR) is 142 cm³/mol. The first-order valence-corrected chi connectivity index (χ1v) is 13.1. The minimum Gasteiger partial charge on any atom is -0.469 e. The third kappa shape index (κ3) is 6.96. The van der Waals surface area contributed by atoms with Gasteiger partial charge < -0.3 is 19.3 Å². The number of ether oxygens (including phenoxy) is 2. The molecule has 0 aliphatic carbocycles. The number of hydrogen-bond acceptors (Lipinski definition) is 6. The summed E-state index contributed by atoms with van der Waals surface area (Å²) >= 11 is 3.46. The molecule has 2 aliphatic rings. The Morgan fingerprint density at radius 2 is 1.81 bits per heavy atom. The van der Waals surface area contributed by atoms with Gasteiger partial charge in [-0.1, -0.05) is 48.0 Å². The summed E-state index contributed by atoms with van der Waals surface area (Å²) in [7, 11) is 1.33. The van der Waals surface area contributed by atoms with E-state index in [1.807, 2.05) is 65.0 Å². The second-order valence-corrected chi connectivity index (χ2v) is 11.4. The molecule has 1 aromatic carbocycles. The fourth-order valence-electron chi connectivity index (χ4n) is 4.37. The summed E-state index contributed by atoms with van der Waals surface area (Å²) in [4.78, 5) is 47.0. The number of carbonyl (C=O) groups excluding carboxylic acids is 3. The Kier molecular flexibility index (Phi) is 8.98. The van der Waals surface area contributed by atoms with E-state index >= 15 is 0 Å². The van der Waals surface area contributed by atoms with Gasteiger partial charge in [0.05, 0.1) is 31.2 Å². The van der Waals surface area contributed by atoms with Crippen LogP contribution in [0.2, 0.25) is 0 Å². The molecule has 36 heavy (non-hydrogen) atoms. The van der Waals surface area contributed by atoms with Gasteiger partial charge in [0.15, 0.2) is 0 Å². The van der Waals surface area contributed by atoms with Crippen LogP contribution in [0.4, 0.5) is 4.79 Å². The van der Waals surface area contributed by atoms with Gasteiger partial charge in [-0.2, -0.15) is 0 Å². The number of carbonyl (C=O) groups is 3. The molecule has 2 aliphatic heterocycles. The van der Waals surface area contributed by atoms with E-state index in [4.69, 9.17) is 14.5 Å². The number of halogens is 1. The summed E-state index contributed by atoms with van der Waals surface area (Å²) in [5, 5.41) is 0. The molecule has 2 amide bonds. The van der Waals surface area contributed by atoms with Crippen molar-refractivity contribution in [2.75, 3.05) is 26.7 Å². The van der Waals surface area contributed by atoms with E-state index in [1.165, 1.54) is 7.11 Å². The van der Waals surface area contributed by atoms with Gasteiger partial charge in [0, 0.05) is 36.2 Å². The first-order chi connectivity index (χ1) is 16.9. The molecule has 0 bridgehead atoms. The lowest BCUT2D eigenvalue weighted by Gasteiger charge is -2.43. The Morgan fingerprint density at radius 3 is 2.39 bits per heavy atom. The number of esters is 1. The minimum atomic E-state index is -0.621. The molecule has 1 aromatic rings. The van der Waals surface area contributed by atoms with Gasteiger partial charge in [-0.15, -0.1) is 0 Å². The van der Waals surface area contributed by atoms with Crippen molar-refractivity contribution in [3.05, 3.63) is 40.4 Å². The molecule has 2 atom stereocenters. The van der Waals surface area contributed by atoms with Crippen molar-refractivity contribution in [3.63, 3.8) is 0 Å². The molecular formula is C27H36BrN3O5. The third-order valence-electron chi connectivity index (χ3n) is 6.34. The van der Waals surface area contributed by atoms with Crippen molar-refractivity contribution in [2.45, 2.75) is 59.1 Å². The van der Waals surface area contributed by atoms with Crippen LogP contribution in [0.25, 0.3) is 5.70 Å². The summed E-state index contributed by atoms with van der Waals surface area (Å²) in [5.74, 6) is -1.11. The summed E-state index contributed by atoms with van der Waals surface area (Å²) in [6.45, 7) is 10.3. The molecule has 3 rings (SSSR count). The number of allylic oxidation sites excluding steroid dienone is 1. The van der Waals surface area contributed by atoms with Crippen LogP contribution in [0.3, 0.4) is 0 Å². The SMILES string of the molecule is COC(=O)C[C@H](C(=O)N1CCN(C(=O)OC(C)(C)C)C[C@H]1C1=NC(c2ccc(Br)cc2)=CC1)C(C)C. The van der Waals surface area contributed by atoms with E-state index in [2.05, 4.69) is 15.9 Å². The van der Waals surface area contributed by atoms with E-state index in [0.29, 0.717) is 19.5 Å². The fourth-order valence-corrected chi connectivity index (χ4v) is 4.63. The molecule has 0 saturated carbocycles. The molecule has 1 saturated heterocycles. The lowest BCUT2D eigenvalue weighted by Crippen LogP contribution is -2.61. The quantitative estimate of drug-likeness (QED) is 0.460. The molecule has 0 aromatic heterocycles. The van der Waals surface area contributed by atoms with E-state index < -0.39 is 29.6 Å². The van der Waals surface area contributed by atoms with Gasteiger partial charge in [0.1, 0.15) is 5.60 Å². The second kappa shape index (κ2) is 11.6. The smallest absolute Gasteiger partial charge is 0.410 e. The van der Waals surface area contributed by atoms with Crippen LogP contribution in [0.15, 0.2) is 39.8 Å². The number of piperazine rings is 1. The van der Waals surface area contributed by atoms with Crippen LogP contribution in [0.5, 0.6) is 0 Å². The van der Waals surface area contributed by atoms with Crippen LogP contribution >= 0.6 is 15.9 Å². The molecule has 8 nitrogen and oxygen atoms in total. The number of methoxy groups -OCH3 is 1. The molecule has 0 spiro atoms.